The van der Waals surface area contributed by atoms with Crippen molar-refractivity contribution in [2.24, 2.45) is 0 Å². The van der Waals surface area contributed by atoms with E-state index < -0.39 is 5.97 Å². The molecule has 0 saturated heterocycles. The zero-order chi connectivity index (χ0) is 18.1. The number of hydrogen-bond donors (Lipinski definition) is 1. The van der Waals surface area contributed by atoms with Crippen molar-refractivity contribution in [2.45, 2.75) is 38.6 Å². The van der Waals surface area contributed by atoms with Gasteiger partial charge in [0.25, 0.3) is 0 Å². The van der Waals surface area contributed by atoms with Crippen molar-refractivity contribution in [1.82, 2.24) is 4.57 Å². The molecule has 2 aromatic carbocycles. The van der Waals surface area contributed by atoms with Gasteiger partial charge in [-0.1, -0.05) is 24.6 Å². The second-order valence-electron chi connectivity index (χ2n) is 6.92. The summed E-state index contributed by atoms with van der Waals surface area (Å²) in [6.07, 6.45) is 5.77. The van der Waals surface area contributed by atoms with Crippen molar-refractivity contribution in [3.05, 3.63) is 64.8 Å². The van der Waals surface area contributed by atoms with E-state index in [1.807, 2.05) is 18.2 Å². The van der Waals surface area contributed by atoms with Gasteiger partial charge < -0.3 is 14.4 Å². The van der Waals surface area contributed by atoms with Gasteiger partial charge in [0.1, 0.15) is 5.75 Å². The number of aromatic nitrogens is 1. The van der Waals surface area contributed by atoms with Crippen LogP contribution in [0.25, 0.3) is 10.9 Å². The monoisotopic (exact) mass is 349 g/mol. The highest BCUT2D eigenvalue weighted by atomic mass is 16.5. The molecular weight excluding hydrogens is 326 g/mol. The summed E-state index contributed by atoms with van der Waals surface area (Å²) in [5, 5.41) is 10.8. The lowest BCUT2D eigenvalue weighted by Gasteiger charge is -2.13. The highest BCUT2D eigenvalue weighted by molar-refractivity contribution is 5.90. The first kappa shape index (κ1) is 16.7. The van der Waals surface area contributed by atoms with Gasteiger partial charge >= 0.3 is 5.97 Å². The maximum atomic E-state index is 11.6. The van der Waals surface area contributed by atoms with Crippen molar-refractivity contribution in [3.63, 3.8) is 0 Å². The SMILES string of the molecule is COc1ccc2c3c(n(Cc4ccccc4C(=O)O)c2c1)CCCCC3. The Kier molecular flexibility index (Phi) is 4.41. The Morgan fingerprint density at radius 1 is 1.12 bits per heavy atom. The molecule has 1 aliphatic carbocycles. The van der Waals surface area contributed by atoms with Crippen LogP contribution in [-0.4, -0.2) is 22.8 Å². The molecule has 0 atom stereocenters. The second-order valence-corrected chi connectivity index (χ2v) is 6.92. The summed E-state index contributed by atoms with van der Waals surface area (Å²) < 4.78 is 7.74. The minimum absolute atomic E-state index is 0.375. The number of carboxylic acid groups (broad SMARTS) is 1. The Labute approximate surface area is 153 Å². The Balaban J connectivity index is 1.91. The molecule has 1 heterocycles. The Morgan fingerprint density at radius 2 is 1.92 bits per heavy atom. The van der Waals surface area contributed by atoms with E-state index in [-0.39, 0.29) is 0 Å². The minimum atomic E-state index is -0.874. The third-order valence-electron chi connectivity index (χ3n) is 5.41. The first-order chi connectivity index (χ1) is 12.7. The molecule has 0 unspecified atom stereocenters. The molecule has 4 heteroatoms. The third kappa shape index (κ3) is 2.85. The number of aromatic carboxylic acids is 1. The van der Waals surface area contributed by atoms with Gasteiger partial charge in [-0.05, 0) is 55.0 Å². The molecule has 3 aromatic rings. The first-order valence-electron chi connectivity index (χ1n) is 9.18. The van der Waals surface area contributed by atoms with Crippen molar-refractivity contribution >= 4 is 16.9 Å². The van der Waals surface area contributed by atoms with Gasteiger partial charge in [0.2, 0.25) is 0 Å². The standard InChI is InChI=1S/C22H23NO3/c1-26-16-11-12-19-18-9-3-2-4-10-20(18)23(21(19)13-16)14-15-7-5-6-8-17(15)22(24)25/h5-8,11-13H,2-4,9-10,14H2,1H3,(H,24,25). The summed E-state index contributed by atoms with van der Waals surface area (Å²) in [7, 11) is 1.68. The van der Waals surface area contributed by atoms with Crippen LogP contribution in [0.15, 0.2) is 42.5 Å². The van der Waals surface area contributed by atoms with Gasteiger partial charge in [-0.25, -0.2) is 4.79 Å². The number of hydrogen-bond acceptors (Lipinski definition) is 2. The van der Waals surface area contributed by atoms with Gasteiger partial charge in [-0.2, -0.15) is 0 Å². The molecule has 0 amide bonds. The minimum Gasteiger partial charge on any atom is -0.497 e. The number of aryl methyl sites for hydroxylation is 1. The van der Waals surface area contributed by atoms with Crippen LogP contribution < -0.4 is 4.74 Å². The lowest BCUT2D eigenvalue weighted by atomic mass is 10.1. The normalized spacial score (nSPS) is 14.0. The number of rotatable bonds is 4. The molecule has 0 fully saturated rings. The summed E-state index contributed by atoms with van der Waals surface area (Å²) >= 11 is 0. The van der Waals surface area contributed by atoms with E-state index in [9.17, 15) is 9.90 Å². The third-order valence-corrected chi connectivity index (χ3v) is 5.41. The molecule has 4 rings (SSSR count). The summed E-state index contributed by atoms with van der Waals surface area (Å²) in [6.45, 7) is 0.571. The number of benzene rings is 2. The van der Waals surface area contributed by atoms with Crippen LogP contribution in [0.1, 0.15) is 46.4 Å². The lowest BCUT2D eigenvalue weighted by Crippen LogP contribution is -2.10. The van der Waals surface area contributed by atoms with Gasteiger partial charge in [0.15, 0.2) is 0 Å². The largest absolute Gasteiger partial charge is 0.497 e. The summed E-state index contributed by atoms with van der Waals surface area (Å²) in [4.78, 5) is 11.6. The topological polar surface area (TPSA) is 51.5 Å². The van der Waals surface area contributed by atoms with Crippen molar-refractivity contribution in [2.75, 3.05) is 7.11 Å². The van der Waals surface area contributed by atoms with E-state index in [0.717, 1.165) is 29.7 Å². The number of fused-ring (bicyclic) bond motifs is 3. The quantitative estimate of drug-likeness (QED) is 0.697. The van der Waals surface area contributed by atoms with Gasteiger partial charge in [0.05, 0.1) is 18.2 Å². The summed E-state index contributed by atoms with van der Waals surface area (Å²) in [5.41, 5.74) is 5.13. The number of nitrogens with zero attached hydrogens (tertiary/aromatic N) is 1. The smallest absolute Gasteiger partial charge is 0.336 e. The van der Waals surface area contributed by atoms with Crippen LogP contribution in [0.4, 0.5) is 0 Å². The van der Waals surface area contributed by atoms with E-state index in [0.29, 0.717) is 12.1 Å². The summed E-state index contributed by atoms with van der Waals surface area (Å²) in [5.74, 6) is -0.0429. The van der Waals surface area contributed by atoms with Crippen LogP contribution in [0, 0.1) is 0 Å². The molecule has 134 valence electrons. The van der Waals surface area contributed by atoms with Crippen molar-refractivity contribution in [3.8, 4) is 5.75 Å². The second kappa shape index (κ2) is 6.87. The van der Waals surface area contributed by atoms with Crippen LogP contribution >= 0.6 is 0 Å². The molecule has 0 aliphatic heterocycles. The highest BCUT2D eigenvalue weighted by Gasteiger charge is 2.20. The molecule has 1 aromatic heterocycles. The van der Waals surface area contributed by atoms with Crippen molar-refractivity contribution in [1.29, 1.82) is 0 Å². The fourth-order valence-electron chi connectivity index (χ4n) is 4.13. The van der Waals surface area contributed by atoms with E-state index in [1.165, 1.54) is 35.9 Å². The zero-order valence-electron chi connectivity index (χ0n) is 15.0. The van der Waals surface area contributed by atoms with Crippen molar-refractivity contribution < 1.29 is 14.6 Å². The van der Waals surface area contributed by atoms with Gasteiger partial charge in [0, 0.05) is 23.7 Å². The number of methoxy groups -OCH3 is 1. The van der Waals surface area contributed by atoms with Crippen LogP contribution in [0.3, 0.4) is 0 Å². The fraction of sp³-hybridized carbons (Fsp3) is 0.318. The Morgan fingerprint density at radius 3 is 2.73 bits per heavy atom. The van der Waals surface area contributed by atoms with Crippen LogP contribution in [0.2, 0.25) is 0 Å². The maximum Gasteiger partial charge on any atom is 0.336 e. The fourth-order valence-corrected chi connectivity index (χ4v) is 4.13. The number of ether oxygens (including phenoxy) is 1. The molecule has 0 bridgehead atoms. The average Bonchev–Trinajstić information content (AvgIpc) is 2.81. The molecule has 26 heavy (non-hydrogen) atoms. The predicted octanol–water partition coefficient (Wildman–Crippen LogP) is 4.67. The zero-order valence-corrected chi connectivity index (χ0v) is 15.0. The molecule has 0 radical (unpaired) electrons. The number of carbonyl (C=O) groups is 1. The highest BCUT2D eigenvalue weighted by Crippen LogP contribution is 2.34. The average molecular weight is 349 g/mol. The molecule has 0 spiro atoms. The Bertz CT molecular complexity index is 971. The van der Waals surface area contributed by atoms with Gasteiger partial charge in [-0.3, -0.25) is 0 Å². The van der Waals surface area contributed by atoms with Gasteiger partial charge in [-0.15, -0.1) is 0 Å². The van der Waals surface area contributed by atoms with E-state index in [2.05, 4.69) is 16.7 Å². The van der Waals surface area contributed by atoms with E-state index >= 15 is 0 Å². The molecule has 1 N–H and O–H groups in total. The number of carboxylic acids is 1. The van der Waals surface area contributed by atoms with E-state index in [1.54, 1.807) is 19.2 Å². The molecule has 0 saturated carbocycles. The molecule has 4 nitrogen and oxygen atoms in total. The van der Waals surface area contributed by atoms with Crippen LogP contribution in [-0.2, 0) is 19.4 Å². The van der Waals surface area contributed by atoms with E-state index in [4.69, 9.17) is 4.74 Å². The maximum absolute atomic E-state index is 11.6. The molecule has 1 aliphatic rings. The predicted molar refractivity (Wildman–Crippen MR) is 102 cm³/mol. The first-order valence-corrected chi connectivity index (χ1v) is 9.18. The Hall–Kier alpha value is -2.75. The molecular formula is C22H23NO3. The van der Waals surface area contributed by atoms with Crippen LogP contribution in [0.5, 0.6) is 5.75 Å². The summed E-state index contributed by atoms with van der Waals surface area (Å²) in [6, 6.07) is 13.5. The lowest BCUT2D eigenvalue weighted by molar-refractivity contribution is 0.0695.